The zero-order valence-corrected chi connectivity index (χ0v) is 6.60. The highest BCUT2D eigenvalue weighted by atomic mass is 16.6. The van der Waals surface area contributed by atoms with E-state index in [1.807, 2.05) is 30.3 Å². The SMILES string of the molecule is C#CCO/N=C/c1ccccc1. The maximum Gasteiger partial charge on any atom is 0.177 e. The molecule has 0 unspecified atom stereocenters. The molecule has 0 bridgehead atoms. The van der Waals surface area contributed by atoms with Crippen molar-refractivity contribution in [3.63, 3.8) is 0 Å². The molecule has 0 spiro atoms. The van der Waals surface area contributed by atoms with E-state index in [2.05, 4.69) is 11.1 Å². The van der Waals surface area contributed by atoms with E-state index in [-0.39, 0.29) is 6.61 Å². The lowest BCUT2D eigenvalue weighted by atomic mass is 10.2. The Morgan fingerprint density at radius 1 is 1.42 bits per heavy atom. The van der Waals surface area contributed by atoms with E-state index >= 15 is 0 Å². The molecule has 0 heterocycles. The van der Waals surface area contributed by atoms with Crippen LogP contribution in [0.5, 0.6) is 0 Å². The van der Waals surface area contributed by atoms with Gasteiger partial charge in [-0.3, -0.25) is 0 Å². The zero-order chi connectivity index (χ0) is 8.65. The number of hydrogen-bond acceptors (Lipinski definition) is 2. The highest BCUT2D eigenvalue weighted by Crippen LogP contribution is 1.93. The Bertz CT molecular complexity index is 284. The fraction of sp³-hybridized carbons (Fsp3) is 0.100. The Morgan fingerprint density at radius 2 is 2.17 bits per heavy atom. The molecule has 0 fully saturated rings. The van der Waals surface area contributed by atoms with Gasteiger partial charge in [-0.1, -0.05) is 41.4 Å². The first-order valence-electron chi connectivity index (χ1n) is 3.57. The van der Waals surface area contributed by atoms with E-state index in [9.17, 15) is 0 Å². The summed E-state index contributed by atoms with van der Waals surface area (Å²) in [6.45, 7) is 0.212. The minimum absolute atomic E-state index is 0.212. The molecule has 0 atom stereocenters. The number of nitrogens with zero attached hydrogens (tertiary/aromatic N) is 1. The van der Waals surface area contributed by atoms with Crippen molar-refractivity contribution in [3.05, 3.63) is 35.9 Å². The minimum Gasteiger partial charge on any atom is -0.383 e. The van der Waals surface area contributed by atoms with Crippen molar-refractivity contribution in [2.45, 2.75) is 0 Å². The molecule has 1 rings (SSSR count). The molecule has 0 amide bonds. The van der Waals surface area contributed by atoms with Crippen LogP contribution in [-0.2, 0) is 4.84 Å². The molecule has 0 N–H and O–H groups in total. The predicted octanol–water partition coefficient (Wildman–Crippen LogP) is 1.67. The summed E-state index contributed by atoms with van der Waals surface area (Å²) in [7, 11) is 0. The Labute approximate surface area is 71.9 Å². The van der Waals surface area contributed by atoms with Crippen LogP contribution in [0.3, 0.4) is 0 Å². The Balaban J connectivity index is 2.43. The number of terminal acetylenes is 1. The van der Waals surface area contributed by atoms with Crippen LogP contribution in [0, 0.1) is 12.3 Å². The van der Waals surface area contributed by atoms with Gasteiger partial charge in [-0.15, -0.1) is 6.42 Å². The van der Waals surface area contributed by atoms with Crippen LogP contribution in [0.2, 0.25) is 0 Å². The van der Waals surface area contributed by atoms with E-state index in [0.29, 0.717) is 0 Å². The number of rotatable bonds is 3. The first-order chi connectivity index (χ1) is 5.93. The van der Waals surface area contributed by atoms with Crippen LogP contribution in [0.1, 0.15) is 5.56 Å². The fourth-order valence-electron chi connectivity index (χ4n) is 0.712. The van der Waals surface area contributed by atoms with Gasteiger partial charge in [-0.25, -0.2) is 0 Å². The van der Waals surface area contributed by atoms with Gasteiger partial charge in [0.1, 0.15) is 0 Å². The van der Waals surface area contributed by atoms with Crippen molar-refractivity contribution in [1.82, 2.24) is 0 Å². The van der Waals surface area contributed by atoms with Crippen LogP contribution in [0.25, 0.3) is 0 Å². The molecule has 2 nitrogen and oxygen atoms in total. The molecule has 1 aromatic carbocycles. The van der Waals surface area contributed by atoms with E-state index in [0.717, 1.165) is 5.56 Å². The average Bonchev–Trinajstić information content (AvgIpc) is 2.14. The van der Waals surface area contributed by atoms with Gasteiger partial charge in [0.05, 0.1) is 6.21 Å². The molecule has 1 aromatic rings. The van der Waals surface area contributed by atoms with Crippen LogP contribution in [0.15, 0.2) is 35.5 Å². The van der Waals surface area contributed by atoms with E-state index in [1.165, 1.54) is 0 Å². The van der Waals surface area contributed by atoms with Gasteiger partial charge in [0.25, 0.3) is 0 Å². The highest BCUT2D eigenvalue weighted by Gasteiger charge is 1.82. The summed E-state index contributed by atoms with van der Waals surface area (Å²) in [5.41, 5.74) is 0.995. The summed E-state index contributed by atoms with van der Waals surface area (Å²) in [6, 6.07) is 9.68. The second kappa shape index (κ2) is 4.97. The molecule has 0 aliphatic carbocycles. The Kier molecular flexibility index (Phi) is 3.46. The third-order valence-electron chi connectivity index (χ3n) is 1.22. The molecule has 2 heteroatoms. The molecule has 0 saturated heterocycles. The molecular formula is C10H9NO. The first kappa shape index (κ1) is 8.35. The molecule has 0 aliphatic rings. The second-order valence-corrected chi connectivity index (χ2v) is 2.12. The van der Waals surface area contributed by atoms with Crippen LogP contribution in [0.4, 0.5) is 0 Å². The lowest BCUT2D eigenvalue weighted by molar-refractivity contribution is 0.181. The molecule has 0 saturated carbocycles. The monoisotopic (exact) mass is 159 g/mol. The van der Waals surface area contributed by atoms with Gasteiger partial charge in [-0.05, 0) is 5.56 Å². The van der Waals surface area contributed by atoms with Gasteiger partial charge in [0.2, 0.25) is 0 Å². The number of oxime groups is 1. The van der Waals surface area contributed by atoms with Crippen molar-refractivity contribution in [3.8, 4) is 12.3 Å². The largest absolute Gasteiger partial charge is 0.383 e. The first-order valence-corrected chi connectivity index (χ1v) is 3.57. The maximum absolute atomic E-state index is 4.96. The molecule has 0 radical (unpaired) electrons. The molecule has 0 aromatic heterocycles. The van der Waals surface area contributed by atoms with E-state index in [1.54, 1.807) is 6.21 Å². The van der Waals surface area contributed by atoms with Crippen molar-refractivity contribution >= 4 is 6.21 Å². The summed E-state index contributed by atoms with van der Waals surface area (Å²) in [4.78, 5) is 4.72. The molecule has 0 aliphatic heterocycles. The maximum atomic E-state index is 4.96. The van der Waals surface area contributed by atoms with Gasteiger partial charge >= 0.3 is 0 Å². The lowest BCUT2D eigenvalue weighted by Crippen LogP contribution is -1.84. The summed E-state index contributed by atoms with van der Waals surface area (Å²) in [6.07, 6.45) is 6.58. The summed E-state index contributed by atoms with van der Waals surface area (Å²) in [5.74, 6) is 2.32. The third kappa shape index (κ3) is 2.89. The van der Waals surface area contributed by atoms with Crippen LogP contribution < -0.4 is 0 Å². The predicted molar refractivity (Wildman–Crippen MR) is 48.8 cm³/mol. The minimum atomic E-state index is 0.212. The molecule has 60 valence electrons. The average molecular weight is 159 g/mol. The fourth-order valence-corrected chi connectivity index (χ4v) is 0.712. The summed E-state index contributed by atoms with van der Waals surface area (Å²) >= 11 is 0. The molecule has 12 heavy (non-hydrogen) atoms. The standard InChI is InChI=1S/C10H9NO/c1-2-8-12-11-9-10-6-4-3-5-7-10/h1,3-7,9H,8H2/b11-9+. The van der Waals surface area contributed by atoms with E-state index < -0.39 is 0 Å². The number of hydrogen-bond donors (Lipinski definition) is 0. The third-order valence-corrected chi connectivity index (χ3v) is 1.22. The van der Waals surface area contributed by atoms with E-state index in [4.69, 9.17) is 11.3 Å². The smallest absolute Gasteiger partial charge is 0.177 e. The van der Waals surface area contributed by atoms with Crippen molar-refractivity contribution in [2.24, 2.45) is 5.16 Å². The van der Waals surface area contributed by atoms with Gasteiger partial charge in [0.15, 0.2) is 6.61 Å². The molecular weight excluding hydrogens is 150 g/mol. The Morgan fingerprint density at radius 3 is 2.83 bits per heavy atom. The van der Waals surface area contributed by atoms with Crippen LogP contribution >= 0.6 is 0 Å². The van der Waals surface area contributed by atoms with Crippen molar-refractivity contribution < 1.29 is 4.84 Å². The number of benzene rings is 1. The quantitative estimate of drug-likeness (QED) is 0.284. The summed E-state index contributed by atoms with van der Waals surface area (Å²) < 4.78 is 0. The Hall–Kier alpha value is -1.75. The highest BCUT2D eigenvalue weighted by molar-refractivity contribution is 5.78. The van der Waals surface area contributed by atoms with Gasteiger partial charge < -0.3 is 4.84 Å². The summed E-state index contributed by atoms with van der Waals surface area (Å²) in [5, 5.41) is 3.66. The van der Waals surface area contributed by atoms with Gasteiger partial charge in [0, 0.05) is 0 Å². The second-order valence-electron chi connectivity index (χ2n) is 2.12. The zero-order valence-electron chi connectivity index (χ0n) is 6.60. The lowest BCUT2D eigenvalue weighted by Gasteiger charge is -1.90. The van der Waals surface area contributed by atoms with Crippen molar-refractivity contribution in [1.29, 1.82) is 0 Å². The van der Waals surface area contributed by atoms with Gasteiger partial charge in [-0.2, -0.15) is 0 Å². The topological polar surface area (TPSA) is 21.6 Å². The van der Waals surface area contributed by atoms with Crippen molar-refractivity contribution in [2.75, 3.05) is 6.61 Å². The van der Waals surface area contributed by atoms with Crippen LogP contribution in [-0.4, -0.2) is 12.8 Å². The normalized spacial score (nSPS) is 9.58.